The molecule has 1 aliphatic rings. The number of fused-ring (bicyclic) bond motifs is 1. The molecule has 2 aromatic carbocycles. The molecule has 0 unspecified atom stereocenters. The summed E-state index contributed by atoms with van der Waals surface area (Å²) in [5, 5.41) is 5.56. The van der Waals surface area contributed by atoms with Crippen LogP contribution >= 0.6 is 0 Å². The third-order valence-electron chi connectivity index (χ3n) is 6.37. The number of ether oxygens (including phenoxy) is 3. The highest BCUT2D eigenvalue weighted by Gasteiger charge is 2.27. The summed E-state index contributed by atoms with van der Waals surface area (Å²) in [4.78, 5) is 29.9. The zero-order chi connectivity index (χ0) is 25.5. The Balaban J connectivity index is 1.85. The number of amides is 3. The van der Waals surface area contributed by atoms with Crippen LogP contribution in [0.1, 0.15) is 24.2 Å². The van der Waals surface area contributed by atoms with E-state index in [0.717, 1.165) is 6.54 Å². The summed E-state index contributed by atoms with van der Waals surface area (Å²) in [6.07, 6.45) is -0.115. The molecule has 0 bridgehead atoms. The van der Waals surface area contributed by atoms with Crippen molar-refractivity contribution in [2.24, 2.45) is 5.92 Å². The van der Waals surface area contributed by atoms with Gasteiger partial charge >= 0.3 is 6.03 Å². The third kappa shape index (κ3) is 6.64. The molecule has 190 valence electrons. The van der Waals surface area contributed by atoms with Crippen LogP contribution in [-0.2, 0) is 4.74 Å². The fourth-order valence-electron chi connectivity index (χ4n) is 4.07. The summed E-state index contributed by atoms with van der Waals surface area (Å²) >= 11 is 0. The van der Waals surface area contributed by atoms with Crippen molar-refractivity contribution < 1.29 is 23.8 Å². The normalized spacial score (nSPS) is 21.7. The van der Waals surface area contributed by atoms with Crippen LogP contribution in [0.5, 0.6) is 11.5 Å². The molecule has 0 fully saturated rings. The highest BCUT2D eigenvalue weighted by molar-refractivity contribution is 6.03. The molecule has 0 saturated heterocycles. The first-order chi connectivity index (χ1) is 16.7. The van der Waals surface area contributed by atoms with E-state index in [1.54, 1.807) is 55.5 Å². The maximum atomic E-state index is 13.4. The number of para-hydroxylation sites is 2. The number of hydrogen-bond acceptors (Lipinski definition) is 6. The minimum Gasteiger partial charge on any atom is -0.495 e. The lowest BCUT2D eigenvalue weighted by Crippen LogP contribution is -2.45. The van der Waals surface area contributed by atoms with Crippen LogP contribution in [-0.4, -0.2) is 81.9 Å². The maximum absolute atomic E-state index is 13.4. The number of nitrogens with one attached hydrogen (secondary N) is 2. The highest BCUT2D eigenvalue weighted by Crippen LogP contribution is 2.27. The van der Waals surface area contributed by atoms with E-state index in [-0.39, 0.29) is 24.0 Å². The Kier molecular flexibility index (Phi) is 8.95. The number of likely N-dealkylation sites (N-methyl/N-ethyl adjacent to an activating group) is 2. The van der Waals surface area contributed by atoms with E-state index in [4.69, 9.17) is 14.2 Å². The van der Waals surface area contributed by atoms with Crippen LogP contribution in [0.25, 0.3) is 0 Å². The maximum Gasteiger partial charge on any atom is 0.323 e. The Morgan fingerprint density at radius 2 is 1.80 bits per heavy atom. The number of carbonyl (C=O) groups is 2. The van der Waals surface area contributed by atoms with Crippen LogP contribution in [0.3, 0.4) is 0 Å². The molecule has 9 heteroatoms. The van der Waals surface area contributed by atoms with Gasteiger partial charge in [0.25, 0.3) is 5.91 Å². The Morgan fingerprint density at radius 3 is 2.51 bits per heavy atom. The zero-order valence-electron chi connectivity index (χ0n) is 21.3. The Hall–Kier alpha value is -3.30. The van der Waals surface area contributed by atoms with Crippen LogP contribution in [0, 0.1) is 5.92 Å². The van der Waals surface area contributed by atoms with Crippen molar-refractivity contribution in [2.45, 2.75) is 26.0 Å². The second-order valence-electron chi connectivity index (χ2n) is 9.03. The number of nitrogens with zero attached hydrogens (tertiary/aromatic N) is 2. The summed E-state index contributed by atoms with van der Waals surface area (Å²) in [5.74, 6) is 1.03. The van der Waals surface area contributed by atoms with E-state index in [1.807, 2.05) is 6.07 Å². The molecule has 0 spiro atoms. The Labute approximate surface area is 207 Å². The molecule has 0 radical (unpaired) electrons. The topological polar surface area (TPSA) is 92.4 Å². The first-order valence-electron chi connectivity index (χ1n) is 11.7. The molecule has 3 atom stereocenters. The van der Waals surface area contributed by atoms with Crippen LogP contribution in [0.2, 0.25) is 0 Å². The quantitative estimate of drug-likeness (QED) is 0.686. The van der Waals surface area contributed by atoms with Crippen LogP contribution in [0.15, 0.2) is 42.5 Å². The van der Waals surface area contributed by atoms with Gasteiger partial charge in [0.2, 0.25) is 0 Å². The smallest absolute Gasteiger partial charge is 0.323 e. The van der Waals surface area contributed by atoms with Crippen molar-refractivity contribution in [2.75, 3.05) is 58.6 Å². The largest absolute Gasteiger partial charge is 0.495 e. The third-order valence-corrected chi connectivity index (χ3v) is 6.37. The minimum atomic E-state index is -0.451. The van der Waals surface area contributed by atoms with Gasteiger partial charge in [-0.1, -0.05) is 19.1 Å². The van der Waals surface area contributed by atoms with Crippen molar-refractivity contribution in [3.05, 3.63) is 48.0 Å². The van der Waals surface area contributed by atoms with E-state index in [2.05, 4.69) is 36.4 Å². The number of hydrogen-bond donors (Lipinski definition) is 2. The van der Waals surface area contributed by atoms with Gasteiger partial charge in [-0.05, 0) is 50.2 Å². The van der Waals surface area contributed by atoms with Crippen molar-refractivity contribution in [1.82, 2.24) is 9.80 Å². The second kappa shape index (κ2) is 11.9. The number of urea groups is 1. The fraction of sp³-hybridized carbons (Fsp3) is 0.462. The molecule has 2 aromatic rings. The molecule has 2 N–H and O–H groups in total. The number of rotatable bonds is 4. The Morgan fingerprint density at radius 1 is 1.06 bits per heavy atom. The second-order valence-corrected chi connectivity index (χ2v) is 9.03. The molecule has 0 aliphatic carbocycles. The monoisotopic (exact) mass is 484 g/mol. The van der Waals surface area contributed by atoms with Gasteiger partial charge in [-0.2, -0.15) is 0 Å². The van der Waals surface area contributed by atoms with Gasteiger partial charge < -0.3 is 29.7 Å². The molecule has 1 aliphatic heterocycles. The van der Waals surface area contributed by atoms with Gasteiger partial charge in [-0.15, -0.1) is 0 Å². The molecule has 3 amide bonds. The lowest BCUT2D eigenvalue weighted by atomic mass is 10.0. The van der Waals surface area contributed by atoms with Gasteiger partial charge in [0, 0.05) is 39.0 Å². The molecular weight excluding hydrogens is 448 g/mol. The van der Waals surface area contributed by atoms with E-state index in [1.165, 1.54) is 7.11 Å². The van der Waals surface area contributed by atoms with E-state index >= 15 is 0 Å². The van der Waals surface area contributed by atoms with Gasteiger partial charge in [-0.25, -0.2) is 4.79 Å². The number of anilines is 2. The van der Waals surface area contributed by atoms with Crippen LogP contribution < -0.4 is 20.1 Å². The van der Waals surface area contributed by atoms with Crippen molar-refractivity contribution in [3.63, 3.8) is 0 Å². The summed E-state index contributed by atoms with van der Waals surface area (Å²) in [5.41, 5.74) is 1.38. The van der Waals surface area contributed by atoms with E-state index in [0.29, 0.717) is 41.6 Å². The minimum absolute atomic E-state index is 0.115. The summed E-state index contributed by atoms with van der Waals surface area (Å²) in [6, 6.07) is 11.9. The number of benzene rings is 2. The van der Waals surface area contributed by atoms with Crippen LogP contribution in [0.4, 0.5) is 16.2 Å². The van der Waals surface area contributed by atoms with Gasteiger partial charge in [0.05, 0.1) is 24.5 Å². The fourth-order valence-corrected chi connectivity index (χ4v) is 4.07. The number of carbonyl (C=O) groups excluding carboxylic acids is 2. The van der Waals surface area contributed by atoms with Crippen molar-refractivity contribution >= 4 is 23.3 Å². The molecule has 0 aromatic heterocycles. The zero-order valence-corrected chi connectivity index (χ0v) is 21.3. The average molecular weight is 485 g/mol. The van der Waals surface area contributed by atoms with E-state index < -0.39 is 6.03 Å². The van der Waals surface area contributed by atoms with Crippen molar-refractivity contribution in [3.8, 4) is 11.5 Å². The van der Waals surface area contributed by atoms with Gasteiger partial charge in [0.1, 0.15) is 18.1 Å². The van der Waals surface area contributed by atoms with E-state index in [9.17, 15) is 9.59 Å². The Bertz CT molecular complexity index is 1030. The molecule has 9 nitrogen and oxygen atoms in total. The summed E-state index contributed by atoms with van der Waals surface area (Å²) in [6.45, 7) is 5.89. The summed E-state index contributed by atoms with van der Waals surface area (Å²) < 4.78 is 17.1. The first-order valence-corrected chi connectivity index (χ1v) is 11.7. The number of methoxy groups -OCH3 is 2. The molecule has 0 saturated carbocycles. The SMILES string of the molecule is COc1ccccc1NC(=O)Nc1ccc2c(c1)C(=O)N(C)C[C@@H](OC)[C@@H](C)CN(C)[C@H](C)CO2. The standard InChI is InChI=1S/C26H36N4O5/c1-17-14-29(3)18(2)16-35-22-12-11-19(13-20(22)25(31)30(4)15-24(17)34-6)27-26(32)28-21-9-7-8-10-23(21)33-5/h7-13,17-18,24H,14-16H2,1-6H3,(H2,27,28,32)/t17-,18+,24+/m0/s1. The van der Waals surface area contributed by atoms with Gasteiger partial charge in [0.15, 0.2) is 0 Å². The average Bonchev–Trinajstić information content (AvgIpc) is 2.85. The first kappa shape index (κ1) is 26.3. The molecule has 1 heterocycles. The highest BCUT2D eigenvalue weighted by atomic mass is 16.5. The predicted octanol–water partition coefficient (Wildman–Crippen LogP) is 3.78. The lowest BCUT2D eigenvalue weighted by molar-refractivity contribution is 0.0150. The predicted molar refractivity (Wildman–Crippen MR) is 137 cm³/mol. The molecular formula is C26H36N4O5. The molecule has 3 rings (SSSR count). The molecule has 35 heavy (non-hydrogen) atoms. The van der Waals surface area contributed by atoms with Gasteiger partial charge in [-0.3, -0.25) is 9.69 Å². The lowest BCUT2D eigenvalue weighted by Gasteiger charge is -2.34. The summed E-state index contributed by atoms with van der Waals surface area (Å²) in [7, 11) is 7.02. The van der Waals surface area contributed by atoms with Crippen molar-refractivity contribution in [1.29, 1.82) is 0 Å².